The molecule has 0 bridgehead atoms. The van der Waals surface area contributed by atoms with Crippen molar-refractivity contribution >= 4 is 34.4 Å². The van der Waals surface area contributed by atoms with E-state index < -0.39 is 0 Å². The van der Waals surface area contributed by atoms with Crippen LogP contribution in [-0.4, -0.2) is 22.4 Å². The Balaban J connectivity index is 1.50. The predicted octanol–water partition coefficient (Wildman–Crippen LogP) is 5.16. The summed E-state index contributed by atoms with van der Waals surface area (Å²) < 4.78 is 13.8. The molecule has 0 spiro atoms. The average molecular weight is 410 g/mol. The van der Waals surface area contributed by atoms with E-state index in [2.05, 4.69) is 23.5 Å². The van der Waals surface area contributed by atoms with Gasteiger partial charge in [-0.25, -0.2) is 9.40 Å². The third-order valence-corrected chi connectivity index (χ3v) is 5.94. The van der Waals surface area contributed by atoms with Crippen molar-refractivity contribution in [2.45, 2.75) is 18.9 Å². The van der Waals surface area contributed by atoms with Gasteiger partial charge in [0, 0.05) is 13.0 Å². The van der Waals surface area contributed by atoms with E-state index in [1.165, 1.54) is 11.6 Å². The van der Waals surface area contributed by atoms with Crippen LogP contribution >= 0.6 is 23.6 Å². The highest BCUT2D eigenvalue weighted by molar-refractivity contribution is 7.80. The van der Waals surface area contributed by atoms with E-state index in [1.54, 1.807) is 23.5 Å². The van der Waals surface area contributed by atoms with Crippen molar-refractivity contribution in [3.8, 4) is 0 Å². The van der Waals surface area contributed by atoms with Gasteiger partial charge >= 0.3 is 0 Å². The Kier molecular flexibility index (Phi) is 5.78. The summed E-state index contributed by atoms with van der Waals surface area (Å²) in [6, 6.07) is 20.9. The molecule has 0 radical (unpaired) electrons. The molecule has 142 valence electrons. The fourth-order valence-corrected chi connectivity index (χ4v) is 4.29. The molecule has 1 aromatic heterocycles. The van der Waals surface area contributed by atoms with Crippen LogP contribution in [0.4, 0.5) is 4.39 Å². The Labute approximate surface area is 173 Å². The van der Waals surface area contributed by atoms with Gasteiger partial charge < -0.3 is 5.32 Å². The lowest BCUT2D eigenvalue weighted by Crippen LogP contribution is -2.37. The summed E-state index contributed by atoms with van der Waals surface area (Å²) in [7, 11) is 0. The molecule has 0 fully saturated rings. The summed E-state index contributed by atoms with van der Waals surface area (Å²) in [6.45, 7) is 0.721. The van der Waals surface area contributed by atoms with E-state index in [-0.39, 0.29) is 11.9 Å². The summed E-state index contributed by atoms with van der Waals surface area (Å²) in [5.41, 5.74) is 3.11. The molecule has 1 N–H and O–H groups in total. The predicted molar refractivity (Wildman–Crippen MR) is 117 cm³/mol. The van der Waals surface area contributed by atoms with Gasteiger partial charge in [0.25, 0.3) is 0 Å². The first-order valence-corrected chi connectivity index (χ1v) is 10.5. The molecule has 2 aromatic carbocycles. The van der Waals surface area contributed by atoms with Gasteiger partial charge in [-0.1, -0.05) is 48.5 Å². The molecule has 3 aromatic rings. The van der Waals surface area contributed by atoms with Crippen LogP contribution in [0.5, 0.6) is 0 Å². The summed E-state index contributed by atoms with van der Waals surface area (Å²) in [5.74, 6) is -0.245. The molecule has 2 heterocycles. The van der Waals surface area contributed by atoms with Gasteiger partial charge in [-0.3, -0.25) is 0 Å². The van der Waals surface area contributed by atoms with Crippen LogP contribution < -0.4 is 5.32 Å². The second kappa shape index (κ2) is 8.63. The van der Waals surface area contributed by atoms with Gasteiger partial charge in [0.15, 0.2) is 5.11 Å². The Hall–Kier alpha value is -2.57. The Morgan fingerprint density at radius 3 is 2.75 bits per heavy atom. The van der Waals surface area contributed by atoms with Crippen LogP contribution in [0.2, 0.25) is 0 Å². The van der Waals surface area contributed by atoms with Gasteiger partial charge in [-0.05, 0) is 53.3 Å². The number of nitrogens with one attached hydrogen (secondary N) is 1. The summed E-state index contributed by atoms with van der Waals surface area (Å²) in [4.78, 5) is 1.12. The average Bonchev–Trinajstić information content (AvgIpc) is 3.38. The van der Waals surface area contributed by atoms with Gasteiger partial charge in [0.05, 0.1) is 16.6 Å². The number of halogens is 1. The molecule has 6 heteroatoms. The fraction of sp³-hybridized carbons (Fsp3) is 0.182. The first-order valence-electron chi connectivity index (χ1n) is 9.18. The van der Waals surface area contributed by atoms with Crippen molar-refractivity contribution < 1.29 is 4.39 Å². The SMILES string of the molecule is Fc1cccc([C@@H]2CC(c3cccs3)=NN2C(=S)NCCc2ccccc2)c1. The van der Waals surface area contributed by atoms with E-state index in [0.717, 1.165) is 29.1 Å². The van der Waals surface area contributed by atoms with Crippen LogP contribution in [0.3, 0.4) is 0 Å². The highest BCUT2D eigenvalue weighted by atomic mass is 32.1. The number of rotatable bonds is 5. The molecule has 0 aliphatic carbocycles. The molecule has 1 aliphatic rings. The lowest BCUT2D eigenvalue weighted by molar-refractivity contribution is 0.363. The zero-order valence-electron chi connectivity index (χ0n) is 15.2. The molecule has 0 saturated carbocycles. The largest absolute Gasteiger partial charge is 0.361 e. The Morgan fingerprint density at radius 2 is 2.00 bits per heavy atom. The number of nitrogens with zero attached hydrogens (tertiary/aromatic N) is 2. The maximum absolute atomic E-state index is 13.8. The standard InChI is InChI=1S/C22H20FN3S2/c23-18-9-4-8-17(14-18)20-15-19(21-10-5-13-28-21)25-26(20)22(27)24-12-11-16-6-2-1-3-7-16/h1-10,13-14,20H,11-12,15H2,(H,24,27)/t20-/m0/s1. The highest BCUT2D eigenvalue weighted by Crippen LogP contribution is 2.34. The van der Waals surface area contributed by atoms with E-state index >= 15 is 0 Å². The second-order valence-electron chi connectivity index (χ2n) is 6.61. The number of hydrogen-bond donors (Lipinski definition) is 1. The number of benzene rings is 2. The van der Waals surface area contributed by atoms with Crippen molar-refractivity contribution in [2.24, 2.45) is 5.10 Å². The summed E-state index contributed by atoms with van der Waals surface area (Å²) >= 11 is 7.29. The minimum Gasteiger partial charge on any atom is -0.361 e. The van der Waals surface area contributed by atoms with Crippen LogP contribution in [-0.2, 0) is 6.42 Å². The molecule has 1 aliphatic heterocycles. The molecule has 4 rings (SSSR count). The topological polar surface area (TPSA) is 27.6 Å². The number of thiophene rings is 1. The minimum atomic E-state index is -0.245. The normalized spacial score (nSPS) is 16.1. The molecular weight excluding hydrogens is 389 g/mol. The molecule has 0 unspecified atom stereocenters. The van der Waals surface area contributed by atoms with Crippen molar-refractivity contribution in [3.63, 3.8) is 0 Å². The number of hydrogen-bond acceptors (Lipinski definition) is 3. The maximum Gasteiger partial charge on any atom is 0.190 e. The third-order valence-electron chi connectivity index (χ3n) is 4.69. The van der Waals surface area contributed by atoms with Gasteiger partial charge in [0.1, 0.15) is 5.82 Å². The Morgan fingerprint density at radius 1 is 1.14 bits per heavy atom. The first-order chi connectivity index (χ1) is 13.7. The minimum absolute atomic E-state index is 0.107. The van der Waals surface area contributed by atoms with Crippen molar-refractivity contribution in [3.05, 3.63) is 93.9 Å². The van der Waals surface area contributed by atoms with Gasteiger partial charge in [-0.2, -0.15) is 5.10 Å². The second-order valence-corrected chi connectivity index (χ2v) is 7.95. The third kappa shape index (κ3) is 4.29. The zero-order valence-corrected chi connectivity index (χ0v) is 16.8. The van der Waals surface area contributed by atoms with Gasteiger partial charge in [-0.15, -0.1) is 11.3 Å². The monoisotopic (exact) mass is 409 g/mol. The van der Waals surface area contributed by atoms with Crippen LogP contribution in [0.1, 0.15) is 28.5 Å². The molecular formula is C22H20FN3S2. The van der Waals surface area contributed by atoms with Gasteiger partial charge in [0.2, 0.25) is 0 Å². The zero-order chi connectivity index (χ0) is 19.3. The molecule has 1 atom stereocenters. The van der Waals surface area contributed by atoms with Crippen LogP contribution in [0.15, 0.2) is 77.2 Å². The van der Waals surface area contributed by atoms with E-state index in [9.17, 15) is 4.39 Å². The van der Waals surface area contributed by atoms with Crippen molar-refractivity contribution in [1.82, 2.24) is 10.3 Å². The van der Waals surface area contributed by atoms with E-state index in [1.807, 2.05) is 40.7 Å². The maximum atomic E-state index is 13.8. The smallest absolute Gasteiger partial charge is 0.190 e. The number of thiocarbonyl (C=S) groups is 1. The summed E-state index contributed by atoms with van der Waals surface area (Å²) in [5, 5.41) is 12.5. The quantitative estimate of drug-likeness (QED) is 0.590. The fourth-order valence-electron chi connectivity index (χ4n) is 3.30. The Bertz CT molecular complexity index is 970. The molecule has 3 nitrogen and oxygen atoms in total. The van der Waals surface area contributed by atoms with Crippen molar-refractivity contribution in [1.29, 1.82) is 0 Å². The lowest BCUT2D eigenvalue weighted by Gasteiger charge is -2.25. The molecule has 0 amide bonds. The number of hydrazone groups is 1. The van der Waals surface area contributed by atoms with Crippen LogP contribution in [0.25, 0.3) is 0 Å². The lowest BCUT2D eigenvalue weighted by atomic mass is 10.0. The van der Waals surface area contributed by atoms with E-state index in [4.69, 9.17) is 17.3 Å². The molecule has 28 heavy (non-hydrogen) atoms. The highest BCUT2D eigenvalue weighted by Gasteiger charge is 2.31. The summed E-state index contributed by atoms with van der Waals surface area (Å²) in [6.07, 6.45) is 1.57. The first kappa shape index (κ1) is 18.8. The van der Waals surface area contributed by atoms with Crippen molar-refractivity contribution in [2.75, 3.05) is 6.54 Å². The molecule has 0 saturated heterocycles. The van der Waals surface area contributed by atoms with Crippen LogP contribution in [0, 0.1) is 5.82 Å². The van der Waals surface area contributed by atoms with E-state index in [0.29, 0.717) is 11.5 Å².